The van der Waals surface area contributed by atoms with Gasteiger partial charge in [0.25, 0.3) is 0 Å². The zero-order chi connectivity index (χ0) is 14.9. The number of halogens is 3. The summed E-state index contributed by atoms with van der Waals surface area (Å²) in [4.78, 5) is 12.7. The topological polar surface area (TPSA) is 62.7 Å². The van der Waals surface area contributed by atoms with Crippen LogP contribution in [-0.2, 0) is 6.42 Å². The van der Waals surface area contributed by atoms with E-state index in [1.165, 1.54) is 6.33 Å². The molecule has 5 nitrogen and oxygen atoms in total. The molecule has 2 aromatic heterocycles. The fourth-order valence-corrected chi connectivity index (χ4v) is 3.24. The van der Waals surface area contributed by atoms with E-state index in [4.69, 9.17) is 0 Å². The van der Waals surface area contributed by atoms with Crippen molar-refractivity contribution >= 4 is 27.5 Å². The molecule has 0 aromatic carbocycles. The van der Waals surface area contributed by atoms with Gasteiger partial charge < -0.3 is 10.6 Å². The normalized spacial score (nSPS) is 17.3. The van der Waals surface area contributed by atoms with E-state index in [9.17, 15) is 13.2 Å². The molecule has 0 amide bonds. The largest absolute Gasteiger partial charge is 0.395 e. The van der Waals surface area contributed by atoms with Gasteiger partial charge in [-0.05, 0) is 25.9 Å². The maximum atomic E-state index is 12.5. The molecule has 0 atom stereocenters. The van der Waals surface area contributed by atoms with Gasteiger partial charge in [0.1, 0.15) is 21.7 Å². The lowest BCUT2D eigenvalue weighted by Gasteiger charge is -2.24. The Morgan fingerprint density at radius 3 is 2.76 bits per heavy atom. The molecule has 1 fully saturated rings. The predicted molar refractivity (Wildman–Crippen MR) is 74.5 cm³/mol. The van der Waals surface area contributed by atoms with Gasteiger partial charge in [0.15, 0.2) is 5.82 Å². The molecule has 114 valence electrons. The van der Waals surface area contributed by atoms with Gasteiger partial charge in [0.05, 0.1) is 6.42 Å². The van der Waals surface area contributed by atoms with Crippen molar-refractivity contribution in [3.63, 3.8) is 0 Å². The van der Waals surface area contributed by atoms with E-state index in [0.29, 0.717) is 16.2 Å². The number of alkyl halides is 3. The zero-order valence-electron chi connectivity index (χ0n) is 11.1. The fourth-order valence-electron chi connectivity index (χ4n) is 2.31. The van der Waals surface area contributed by atoms with Gasteiger partial charge in [0.2, 0.25) is 0 Å². The molecule has 0 unspecified atom stereocenters. The first-order valence-electron chi connectivity index (χ1n) is 6.66. The highest BCUT2D eigenvalue weighted by atomic mass is 32.1. The summed E-state index contributed by atoms with van der Waals surface area (Å²) in [6.07, 6.45) is -2.03. The SMILES string of the molecule is FC(F)(F)Cc1nc2c(NC3CCNCC3)ncnc2s1. The molecule has 21 heavy (non-hydrogen) atoms. The lowest BCUT2D eigenvalue weighted by molar-refractivity contribution is -0.127. The van der Waals surface area contributed by atoms with E-state index in [-0.39, 0.29) is 11.0 Å². The van der Waals surface area contributed by atoms with Crippen LogP contribution in [0.3, 0.4) is 0 Å². The number of fused-ring (bicyclic) bond motifs is 1. The Balaban J connectivity index is 1.84. The van der Waals surface area contributed by atoms with Crippen LogP contribution in [0, 0.1) is 0 Å². The monoisotopic (exact) mass is 317 g/mol. The Labute approximate surface area is 123 Å². The predicted octanol–water partition coefficient (Wildman–Crippen LogP) is 2.35. The Kier molecular flexibility index (Phi) is 3.94. The van der Waals surface area contributed by atoms with Gasteiger partial charge in [-0.1, -0.05) is 11.3 Å². The number of hydrogen-bond donors (Lipinski definition) is 2. The van der Waals surface area contributed by atoms with Crippen LogP contribution in [0.15, 0.2) is 6.33 Å². The Morgan fingerprint density at radius 2 is 2.05 bits per heavy atom. The number of rotatable bonds is 3. The van der Waals surface area contributed by atoms with Crippen molar-refractivity contribution in [2.24, 2.45) is 0 Å². The lowest BCUT2D eigenvalue weighted by Crippen LogP contribution is -2.35. The summed E-state index contributed by atoms with van der Waals surface area (Å²) >= 11 is 0.966. The van der Waals surface area contributed by atoms with Gasteiger partial charge >= 0.3 is 6.18 Å². The summed E-state index contributed by atoms with van der Waals surface area (Å²) in [6.45, 7) is 1.84. The summed E-state index contributed by atoms with van der Waals surface area (Å²) in [7, 11) is 0. The molecule has 1 saturated heterocycles. The smallest absolute Gasteiger partial charge is 0.365 e. The van der Waals surface area contributed by atoms with Crippen LogP contribution >= 0.6 is 11.3 Å². The second-order valence-corrected chi connectivity index (χ2v) is 6.01. The van der Waals surface area contributed by atoms with Crippen LogP contribution in [-0.4, -0.2) is 40.3 Å². The molecule has 0 saturated carbocycles. The van der Waals surface area contributed by atoms with Crippen molar-refractivity contribution in [3.8, 4) is 0 Å². The Hall–Kier alpha value is -1.48. The van der Waals surface area contributed by atoms with Crippen LogP contribution in [0.5, 0.6) is 0 Å². The minimum atomic E-state index is -4.26. The number of piperidine rings is 1. The molecule has 1 aliphatic heterocycles. The third-order valence-electron chi connectivity index (χ3n) is 3.27. The summed E-state index contributed by atoms with van der Waals surface area (Å²) in [5, 5.41) is 6.55. The van der Waals surface area contributed by atoms with Crippen molar-refractivity contribution in [1.29, 1.82) is 0 Å². The van der Waals surface area contributed by atoms with Crippen molar-refractivity contribution < 1.29 is 13.2 Å². The third kappa shape index (κ3) is 3.59. The lowest BCUT2D eigenvalue weighted by atomic mass is 10.1. The average molecular weight is 317 g/mol. The standard InChI is InChI=1S/C12H14F3N5S/c13-12(14,15)5-8-20-9-10(17-6-18-11(9)21-8)19-7-1-3-16-4-2-7/h6-7,16H,1-5H2,(H,17,18,19). The number of aromatic nitrogens is 3. The van der Waals surface area contributed by atoms with Gasteiger partial charge in [-0.2, -0.15) is 13.2 Å². The molecule has 3 rings (SSSR count). The quantitative estimate of drug-likeness (QED) is 0.910. The van der Waals surface area contributed by atoms with Crippen LogP contribution in [0.2, 0.25) is 0 Å². The van der Waals surface area contributed by atoms with Gasteiger partial charge in [-0.15, -0.1) is 0 Å². The van der Waals surface area contributed by atoms with E-state index >= 15 is 0 Å². The molecular weight excluding hydrogens is 303 g/mol. The molecule has 0 bridgehead atoms. The first-order valence-corrected chi connectivity index (χ1v) is 7.47. The molecule has 2 aromatic rings. The molecule has 2 N–H and O–H groups in total. The number of anilines is 1. The van der Waals surface area contributed by atoms with Crippen LogP contribution in [0.4, 0.5) is 19.0 Å². The molecule has 0 spiro atoms. The van der Waals surface area contributed by atoms with E-state index in [1.54, 1.807) is 0 Å². The van der Waals surface area contributed by atoms with E-state index in [1.807, 2.05) is 0 Å². The molecule has 1 aliphatic rings. The van der Waals surface area contributed by atoms with E-state index in [2.05, 4.69) is 25.6 Å². The van der Waals surface area contributed by atoms with E-state index < -0.39 is 12.6 Å². The second-order valence-electron chi connectivity index (χ2n) is 4.94. The maximum Gasteiger partial charge on any atom is 0.395 e. The molecular formula is C12H14F3N5S. The van der Waals surface area contributed by atoms with Crippen LogP contribution in [0.25, 0.3) is 10.3 Å². The Bertz CT molecular complexity index is 621. The van der Waals surface area contributed by atoms with Crippen LogP contribution < -0.4 is 10.6 Å². The highest BCUT2D eigenvalue weighted by molar-refractivity contribution is 7.18. The summed E-state index contributed by atoms with van der Waals surface area (Å²) in [6, 6.07) is 0.261. The van der Waals surface area contributed by atoms with Crippen molar-refractivity contribution in [2.75, 3.05) is 18.4 Å². The maximum absolute atomic E-state index is 12.5. The number of hydrogen-bond acceptors (Lipinski definition) is 6. The highest BCUT2D eigenvalue weighted by Gasteiger charge is 2.30. The van der Waals surface area contributed by atoms with Gasteiger partial charge in [0, 0.05) is 6.04 Å². The van der Waals surface area contributed by atoms with Gasteiger partial charge in [-0.25, -0.2) is 15.0 Å². The molecule has 9 heteroatoms. The zero-order valence-corrected chi connectivity index (χ0v) is 11.9. The summed E-state index contributed by atoms with van der Waals surface area (Å²) in [5.74, 6) is 0.525. The molecule has 0 radical (unpaired) electrons. The van der Waals surface area contributed by atoms with E-state index in [0.717, 1.165) is 37.3 Å². The molecule has 0 aliphatic carbocycles. The highest BCUT2D eigenvalue weighted by Crippen LogP contribution is 2.29. The average Bonchev–Trinajstić information content (AvgIpc) is 2.81. The summed E-state index contributed by atoms with van der Waals surface area (Å²) < 4.78 is 37.4. The second kappa shape index (κ2) is 5.72. The van der Waals surface area contributed by atoms with Gasteiger partial charge in [-0.3, -0.25) is 0 Å². The van der Waals surface area contributed by atoms with Crippen LogP contribution in [0.1, 0.15) is 17.8 Å². The first kappa shape index (κ1) is 14.5. The first-order chi connectivity index (χ1) is 10.0. The number of nitrogens with zero attached hydrogens (tertiary/aromatic N) is 3. The third-order valence-corrected chi connectivity index (χ3v) is 4.23. The Morgan fingerprint density at radius 1 is 1.29 bits per heavy atom. The van der Waals surface area contributed by atoms with Crippen molar-refractivity contribution in [1.82, 2.24) is 20.3 Å². The minimum Gasteiger partial charge on any atom is -0.365 e. The fraction of sp³-hybridized carbons (Fsp3) is 0.583. The van der Waals surface area contributed by atoms with Crippen molar-refractivity contribution in [3.05, 3.63) is 11.3 Å². The van der Waals surface area contributed by atoms with Crippen molar-refractivity contribution in [2.45, 2.75) is 31.5 Å². The minimum absolute atomic E-state index is 0.0198. The number of nitrogens with one attached hydrogen (secondary N) is 2. The summed E-state index contributed by atoms with van der Waals surface area (Å²) in [5.41, 5.74) is 0.431. The number of thiazole rings is 1. The molecule has 3 heterocycles.